The highest BCUT2D eigenvalue weighted by molar-refractivity contribution is 5.86. The maximum Gasteiger partial charge on any atom is 0.150 e. The van der Waals surface area contributed by atoms with Crippen molar-refractivity contribution in [3.63, 3.8) is 0 Å². The van der Waals surface area contributed by atoms with Gasteiger partial charge in [0.2, 0.25) is 0 Å². The van der Waals surface area contributed by atoms with Crippen molar-refractivity contribution in [2.24, 2.45) is 0 Å². The number of nitrogens with one attached hydrogen (secondary N) is 1. The van der Waals surface area contributed by atoms with Crippen molar-refractivity contribution in [3.05, 3.63) is 60.0 Å². The predicted octanol–water partition coefficient (Wildman–Crippen LogP) is 3.79. The lowest BCUT2D eigenvalue weighted by atomic mass is 10.0. The minimum Gasteiger partial charge on any atom is -0.361 e. The molecule has 0 radical (unpaired) electrons. The predicted molar refractivity (Wildman–Crippen MR) is 69.1 cm³/mol. The first-order valence-corrected chi connectivity index (χ1v) is 5.61. The van der Waals surface area contributed by atoms with Gasteiger partial charge in [-0.2, -0.15) is 0 Å². The molecular weight excluding hydrogens is 229 g/mol. The summed E-state index contributed by atoms with van der Waals surface area (Å²) < 4.78 is 14.3. The van der Waals surface area contributed by atoms with Crippen molar-refractivity contribution >= 4 is 17.2 Å². The zero-order valence-electron chi connectivity index (χ0n) is 9.48. The van der Waals surface area contributed by atoms with Crippen LogP contribution in [-0.2, 0) is 0 Å². The molecule has 0 unspecified atom stereocenters. The van der Waals surface area contributed by atoms with Gasteiger partial charge in [-0.1, -0.05) is 24.3 Å². The second-order valence-corrected chi connectivity index (χ2v) is 4.11. The van der Waals surface area contributed by atoms with Gasteiger partial charge in [0.15, 0.2) is 0 Å². The maximum absolute atomic E-state index is 14.3. The highest BCUT2D eigenvalue weighted by Crippen LogP contribution is 2.28. The molecule has 0 aliphatic carbocycles. The van der Waals surface area contributed by atoms with Gasteiger partial charge >= 0.3 is 0 Å². The molecule has 2 aromatic carbocycles. The van der Waals surface area contributed by atoms with Gasteiger partial charge in [-0.25, -0.2) is 4.39 Å². The van der Waals surface area contributed by atoms with Gasteiger partial charge in [-0.05, 0) is 23.8 Å². The standard InChI is InChI=1S/C15H10FNO/c16-15-12(5-6-14-13(15)7-8-17-14)11-3-1-10(9-18)2-4-11/h1-9,17H. The molecule has 3 rings (SSSR count). The van der Waals surface area contributed by atoms with Crippen LogP contribution in [0.3, 0.4) is 0 Å². The zero-order chi connectivity index (χ0) is 12.5. The van der Waals surface area contributed by atoms with E-state index in [0.717, 1.165) is 17.4 Å². The van der Waals surface area contributed by atoms with Crippen molar-refractivity contribution in [1.29, 1.82) is 0 Å². The van der Waals surface area contributed by atoms with Crippen LogP contribution in [-0.4, -0.2) is 11.3 Å². The number of halogens is 1. The Kier molecular flexibility index (Phi) is 2.45. The van der Waals surface area contributed by atoms with Gasteiger partial charge in [-0.15, -0.1) is 0 Å². The van der Waals surface area contributed by atoms with E-state index in [1.165, 1.54) is 0 Å². The number of H-pyrrole nitrogens is 1. The number of benzene rings is 2. The molecule has 18 heavy (non-hydrogen) atoms. The zero-order valence-corrected chi connectivity index (χ0v) is 9.48. The molecule has 0 saturated carbocycles. The van der Waals surface area contributed by atoms with E-state index >= 15 is 0 Å². The molecule has 0 fully saturated rings. The van der Waals surface area contributed by atoms with E-state index in [1.54, 1.807) is 42.6 Å². The van der Waals surface area contributed by atoms with Crippen LogP contribution in [0.15, 0.2) is 48.7 Å². The van der Waals surface area contributed by atoms with Crippen LogP contribution >= 0.6 is 0 Å². The number of fused-ring (bicyclic) bond motifs is 1. The minimum atomic E-state index is -0.243. The molecular formula is C15H10FNO. The van der Waals surface area contributed by atoms with Crippen LogP contribution in [0.4, 0.5) is 4.39 Å². The summed E-state index contributed by atoms with van der Waals surface area (Å²) in [5, 5.41) is 0.576. The van der Waals surface area contributed by atoms with E-state index < -0.39 is 0 Å². The quantitative estimate of drug-likeness (QED) is 0.678. The fraction of sp³-hybridized carbons (Fsp3) is 0. The lowest BCUT2D eigenvalue weighted by Crippen LogP contribution is -1.86. The summed E-state index contributed by atoms with van der Waals surface area (Å²) in [6.07, 6.45) is 2.49. The molecule has 88 valence electrons. The van der Waals surface area contributed by atoms with Crippen LogP contribution < -0.4 is 0 Å². The van der Waals surface area contributed by atoms with Crippen LogP contribution in [0.25, 0.3) is 22.0 Å². The monoisotopic (exact) mass is 239 g/mol. The SMILES string of the molecule is O=Cc1ccc(-c2ccc3[nH]ccc3c2F)cc1. The summed E-state index contributed by atoms with van der Waals surface area (Å²) in [6, 6.07) is 12.2. The van der Waals surface area contributed by atoms with Gasteiger partial charge in [0.25, 0.3) is 0 Å². The summed E-state index contributed by atoms with van der Waals surface area (Å²) >= 11 is 0. The average Bonchev–Trinajstić information content (AvgIpc) is 2.89. The molecule has 1 aromatic heterocycles. The van der Waals surface area contributed by atoms with Crippen molar-refractivity contribution in [1.82, 2.24) is 4.98 Å². The number of rotatable bonds is 2. The topological polar surface area (TPSA) is 32.9 Å². The highest BCUT2D eigenvalue weighted by atomic mass is 19.1. The van der Waals surface area contributed by atoms with E-state index in [0.29, 0.717) is 16.5 Å². The van der Waals surface area contributed by atoms with Crippen molar-refractivity contribution in [2.75, 3.05) is 0 Å². The molecule has 0 amide bonds. The molecule has 0 aliphatic rings. The number of aromatic nitrogens is 1. The first kappa shape index (κ1) is 10.7. The Morgan fingerprint density at radius 1 is 1.00 bits per heavy atom. The van der Waals surface area contributed by atoms with Crippen LogP contribution in [0.1, 0.15) is 10.4 Å². The Hall–Kier alpha value is -2.42. The number of hydrogen-bond donors (Lipinski definition) is 1. The molecule has 0 atom stereocenters. The Morgan fingerprint density at radius 3 is 2.50 bits per heavy atom. The fourth-order valence-electron chi connectivity index (χ4n) is 2.06. The van der Waals surface area contributed by atoms with Crippen LogP contribution in [0, 0.1) is 5.82 Å². The van der Waals surface area contributed by atoms with Gasteiger partial charge in [0, 0.05) is 28.2 Å². The molecule has 3 heteroatoms. The summed E-state index contributed by atoms with van der Waals surface area (Å²) in [5.41, 5.74) is 2.67. The van der Waals surface area contributed by atoms with Crippen molar-refractivity contribution in [3.8, 4) is 11.1 Å². The fourth-order valence-corrected chi connectivity index (χ4v) is 2.06. The molecule has 0 spiro atoms. The smallest absolute Gasteiger partial charge is 0.150 e. The first-order chi connectivity index (χ1) is 8.79. The van der Waals surface area contributed by atoms with Gasteiger partial charge in [-0.3, -0.25) is 4.79 Å². The number of hydrogen-bond acceptors (Lipinski definition) is 1. The number of carbonyl (C=O) groups excluding carboxylic acids is 1. The summed E-state index contributed by atoms with van der Waals surface area (Å²) in [6.45, 7) is 0. The Morgan fingerprint density at radius 2 is 1.78 bits per heavy atom. The van der Waals surface area contributed by atoms with Crippen LogP contribution in [0.2, 0.25) is 0 Å². The van der Waals surface area contributed by atoms with E-state index in [1.807, 2.05) is 6.07 Å². The Bertz CT molecular complexity index is 713. The molecule has 1 N–H and O–H groups in total. The largest absolute Gasteiger partial charge is 0.361 e. The van der Waals surface area contributed by atoms with Gasteiger partial charge in [0.1, 0.15) is 12.1 Å². The summed E-state index contributed by atoms with van der Waals surface area (Å²) in [4.78, 5) is 13.6. The lowest BCUT2D eigenvalue weighted by molar-refractivity contribution is 0.112. The highest BCUT2D eigenvalue weighted by Gasteiger charge is 2.09. The second-order valence-electron chi connectivity index (χ2n) is 4.11. The number of carbonyl (C=O) groups is 1. The van der Waals surface area contributed by atoms with E-state index in [4.69, 9.17) is 0 Å². The number of aldehydes is 1. The van der Waals surface area contributed by atoms with E-state index in [9.17, 15) is 9.18 Å². The van der Waals surface area contributed by atoms with Gasteiger partial charge in [0.05, 0.1) is 0 Å². The molecule has 0 aliphatic heterocycles. The summed E-state index contributed by atoms with van der Waals surface area (Å²) in [5.74, 6) is -0.243. The third kappa shape index (κ3) is 1.61. The first-order valence-electron chi connectivity index (χ1n) is 5.61. The van der Waals surface area contributed by atoms with Crippen molar-refractivity contribution in [2.45, 2.75) is 0 Å². The molecule has 1 heterocycles. The molecule has 2 nitrogen and oxygen atoms in total. The Labute approximate surface area is 103 Å². The van der Waals surface area contributed by atoms with Crippen LogP contribution in [0.5, 0.6) is 0 Å². The normalized spacial score (nSPS) is 10.7. The average molecular weight is 239 g/mol. The summed E-state index contributed by atoms with van der Waals surface area (Å²) in [7, 11) is 0. The molecule has 0 bridgehead atoms. The second kappa shape index (κ2) is 4.11. The minimum absolute atomic E-state index is 0.243. The number of aromatic amines is 1. The van der Waals surface area contributed by atoms with Gasteiger partial charge < -0.3 is 4.98 Å². The lowest BCUT2D eigenvalue weighted by Gasteiger charge is -2.04. The molecule has 0 saturated heterocycles. The Balaban J connectivity index is 2.17. The third-order valence-corrected chi connectivity index (χ3v) is 3.03. The molecule has 3 aromatic rings. The van der Waals surface area contributed by atoms with Crippen molar-refractivity contribution < 1.29 is 9.18 Å². The van der Waals surface area contributed by atoms with E-state index in [-0.39, 0.29) is 5.82 Å². The van der Waals surface area contributed by atoms with E-state index in [2.05, 4.69) is 4.98 Å². The maximum atomic E-state index is 14.3. The third-order valence-electron chi connectivity index (χ3n) is 3.03.